The van der Waals surface area contributed by atoms with E-state index in [4.69, 9.17) is 0 Å². The van der Waals surface area contributed by atoms with E-state index >= 15 is 0 Å². The molecular formula is C22H20F4N2O2. The van der Waals surface area contributed by atoms with Gasteiger partial charge in [-0.2, -0.15) is 13.2 Å². The molecule has 0 saturated heterocycles. The topological polar surface area (TPSA) is 58.2 Å². The van der Waals surface area contributed by atoms with E-state index in [1.54, 1.807) is 18.2 Å². The minimum Gasteiger partial charge on any atom is -0.345 e. The molecule has 4 nitrogen and oxygen atoms in total. The van der Waals surface area contributed by atoms with Crippen LogP contribution in [0.4, 0.5) is 23.2 Å². The molecule has 1 aliphatic heterocycles. The number of nitrogens with one attached hydrogen (secondary N) is 2. The van der Waals surface area contributed by atoms with Crippen molar-refractivity contribution in [3.8, 4) is 0 Å². The summed E-state index contributed by atoms with van der Waals surface area (Å²) in [6.45, 7) is 0. The molecule has 1 fully saturated rings. The van der Waals surface area contributed by atoms with Crippen molar-refractivity contribution < 1.29 is 27.2 Å². The van der Waals surface area contributed by atoms with Gasteiger partial charge in [0.25, 0.3) is 11.8 Å². The lowest BCUT2D eigenvalue weighted by Crippen LogP contribution is -2.21. The van der Waals surface area contributed by atoms with Gasteiger partial charge in [0.15, 0.2) is 0 Å². The number of carbonyl (C=O) groups excluding carboxylic acids is 2. The third-order valence-electron chi connectivity index (χ3n) is 5.78. The smallest absolute Gasteiger partial charge is 0.345 e. The second kappa shape index (κ2) is 7.74. The first kappa shape index (κ1) is 20.4. The lowest BCUT2D eigenvalue weighted by atomic mass is 9.92. The van der Waals surface area contributed by atoms with E-state index < -0.39 is 29.0 Å². The van der Waals surface area contributed by atoms with Gasteiger partial charge in [-0.15, -0.1) is 0 Å². The van der Waals surface area contributed by atoms with Gasteiger partial charge in [-0.1, -0.05) is 31.7 Å². The van der Waals surface area contributed by atoms with Crippen LogP contribution in [0.25, 0.3) is 0 Å². The van der Waals surface area contributed by atoms with Crippen LogP contribution in [-0.4, -0.2) is 11.8 Å². The Balaban J connectivity index is 1.62. The van der Waals surface area contributed by atoms with Gasteiger partial charge in [-0.25, -0.2) is 4.39 Å². The third kappa shape index (κ3) is 4.04. The summed E-state index contributed by atoms with van der Waals surface area (Å²) in [5, 5.41) is 5.51. The molecule has 2 N–H and O–H groups in total. The molecular weight excluding hydrogens is 400 g/mol. The molecule has 1 heterocycles. The van der Waals surface area contributed by atoms with Crippen LogP contribution in [0.5, 0.6) is 0 Å². The fourth-order valence-corrected chi connectivity index (χ4v) is 4.39. The van der Waals surface area contributed by atoms with Gasteiger partial charge >= 0.3 is 6.18 Å². The molecule has 2 amide bonds. The van der Waals surface area contributed by atoms with E-state index in [9.17, 15) is 27.2 Å². The fraction of sp³-hybridized carbons (Fsp3) is 0.364. The second-order valence-corrected chi connectivity index (χ2v) is 7.86. The molecule has 0 spiro atoms. The van der Waals surface area contributed by atoms with Gasteiger partial charge in [0.05, 0.1) is 11.6 Å². The molecule has 0 unspecified atom stereocenters. The van der Waals surface area contributed by atoms with Gasteiger partial charge in [-0.05, 0) is 42.7 Å². The van der Waals surface area contributed by atoms with Gasteiger partial charge in [0.1, 0.15) is 5.82 Å². The Morgan fingerprint density at radius 1 is 1.13 bits per heavy atom. The Labute approximate surface area is 170 Å². The van der Waals surface area contributed by atoms with Gasteiger partial charge in [0, 0.05) is 22.4 Å². The van der Waals surface area contributed by atoms with Crippen LogP contribution in [0, 0.1) is 11.7 Å². The molecule has 2 aromatic rings. The zero-order valence-corrected chi connectivity index (χ0v) is 16.0. The number of benzene rings is 2. The first-order valence-electron chi connectivity index (χ1n) is 9.85. The standard InChI is InChI=1S/C22H20F4N2O2/c23-15-10-13(9-14(11-15)22(24,25)26)20(29)27-17-7-3-6-16-19(17)18(28-21(16)30)8-12-4-1-2-5-12/h3,6-7,9-12,18H,1-2,4-5,8H2,(H,27,29)(H,28,30)/t18-/m1/s1. The average molecular weight is 420 g/mol. The van der Waals surface area contributed by atoms with Crippen molar-refractivity contribution in [2.24, 2.45) is 5.92 Å². The van der Waals surface area contributed by atoms with Crippen LogP contribution in [0.3, 0.4) is 0 Å². The Kier molecular flexibility index (Phi) is 5.26. The monoisotopic (exact) mass is 420 g/mol. The minimum atomic E-state index is -4.77. The second-order valence-electron chi connectivity index (χ2n) is 7.86. The zero-order chi connectivity index (χ0) is 21.5. The highest BCUT2D eigenvalue weighted by Crippen LogP contribution is 2.40. The normalized spacial score (nSPS) is 18.9. The van der Waals surface area contributed by atoms with Gasteiger partial charge in [0.2, 0.25) is 0 Å². The molecule has 0 bridgehead atoms. The first-order chi connectivity index (χ1) is 14.2. The third-order valence-corrected chi connectivity index (χ3v) is 5.78. The van der Waals surface area contributed by atoms with Crippen LogP contribution in [0.2, 0.25) is 0 Å². The molecule has 8 heteroatoms. The SMILES string of the molecule is O=C(Nc1cccc2c1[C@@H](CC1CCCC1)NC2=O)c1cc(F)cc(C(F)(F)F)c1. The van der Waals surface area contributed by atoms with E-state index in [1.165, 1.54) is 0 Å². The molecule has 1 atom stereocenters. The number of rotatable bonds is 4. The van der Waals surface area contributed by atoms with Crippen molar-refractivity contribution in [1.82, 2.24) is 5.32 Å². The number of alkyl halides is 3. The van der Waals surface area contributed by atoms with Crippen LogP contribution >= 0.6 is 0 Å². The van der Waals surface area contributed by atoms with E-state index in [0.717, 1.165) is 38.2 Å². The number of hydrogen-bond donors (Lipinski definition) is 2. The molecule has 4 rings (SSSR count). The van der Waals surface area contributed by atoms with E-state index in [1.807, 2.05) is 0 Å². The quantitative estimate of drug-likeness (QED) is 0.645. The summed E-state index contributed by atoms with van der Waals surface area (Å²) >= 11 is 0. The lowest BCUT2D eigenvalue weighted by Gasteiger charge is -2.19. The molecule has 1 aliphatic carbocycles. The van der Waals surface area contributed by atoms with Crippen LogP contribution in [0.1, 0.15) is 70.0 Å². The average Bonchev–Trinajstić information content (AvgIpc) is 3.30. The van der Waals surface area contributed by atoms with Crippen LogP contribution in [0.15, 0.2) is 36.4 Å². The minimum absolute atomic E-state index is 0.241. The Bertz CT molecular complexity index is 997. The number of amides is 2. The number of halogens is 4. The number of fused-ring (bicyclic) bond motifs is 1. The highest BCUT2D eigenvalue weighted by Gasteiger charge is 2.34. The molecule has 2 aliphatic rings. The Morgan fingerprint density at radius 2 is 1.87 bits per heavy atom. The summed E-state index contributed by atoms with van der Waals surface area (Å²) < 4.78 is 52.6. The predicted octanol–water partition coefficient (Wildman–Crippen LogP) is 5.46. The number of carbonyl (C=O) groups is 2. The lowest BCUT2D eigenvalue weighted by molar-refractivity contribution is -0.137. The maximum absolute atomic E-state index is 13.7. The predicted molar refractivity (Wildman–Crippen MR) is 103 cm³/mol. The van der Waals surface area contributed by atoms with Crippen LogP contribution < -0.4 is 10.6 Å². The van der Waals surface area contributed by atoms with E-state index in [2.05, 4.69) is 10.6 Å². The van der Waals surface area contributed by atoms with Crippen molar-refractivity contribution in [3.05, 3.63) is 64.5 Å². The largest absolute Gasteiger partial charge is 0.416 e. The fourth-order valence-electron chi connectivity index (χ4n) is 4.39. The Hall–Kier alpha value is -2.90. The van der Waals surface area contributed by atoms with Crippen molar-refractivity contribution in [2.75, 3.05) is 5.32 Å². The van der Waals surface area contributed by atoms with E-state index in [0.29, 0.717) is 34.9 Å². The summed E-state index contributed by atoms with van der Waals surface area (Å²) in [4.78, 5) is 25.0. The van der Waals surface area contributed by atoms with Gasteiger partial charge < -0.3 is 10.6 Å². The van der Waals surface area contributed by atoms with Crippen molar-refractivity contribution in [1.29, 1.82) is 0 Å². The number of hydrogen-bond acceptors (Lipinski definition) is 2. The summed E-state index contributed by atoms with van der Waals surface area (Å²) in [7, 11) is 0. The van der Waals surface area contributed by atoms with E-state index in [-0.39, 0.29) is 11.9 Å². The molecule has 0 radical (unpaired) electrons. The Morgan fingerprint density at radius 3 is 2.57 bits per heavy atom. The summed E-state index contributed by atoms with van der Waals surface area (Å²) in [6.07, 6.45) is 0.437. The maximum Gasteiger partial charge on any atom is 0.416 e. The molecule has 0 aromatic heterocycles. The maximum atomic E-state index is 13.7. The van der Waals surface area contributed by atoms with Gasteiger partial charge in [-0.3, -0.25) is 9.59 Å². The summed E-state index contributed by atoms with van der Waals surface area (Å²) in [5.41, 5.74) is -0.260. The molecule has 1 saturated carbocycles. The molecule has 158 valence electrons. The highest BCUT2D eigenvalue weighted by atomic mass is 19.4. The van der Waals surface area contributed by atoms with Crippen molar-refractivity contribution in [3.63, 3.8) is 0 Å². The highest BCUT2D eigenvalue weighted by molar-refractivity contribution is 6.07. The summed E-state index contributed by atoms with van der Waals surface area (Å²) in [5.74, 6) is -1.78. The van der Waals surface area contributed by atoms with Crippen molar-refractivity contribution in [2.45, 2.75) is 44.3 Å². The summed E-state index contributed by atoms with van der Waals surface area (Å²) in [6, 6.07) is 6.29. The van der Waals surface area contributed by atoms with Crippen LogP contribution in [-0.2, 0) is 6.18 Å². The number of anilines is 1. The van der Waals surface area contributed by atoms with Crippen molar-refractivity contribution >= 4 is 17.5 Å². The zero-order valence-electron chi connectivity index (χ0n) is 16.0. The molecule has 30 heavy (non-hydrogen) atoms. The molecule has 2 aromatic carbocycles. The first-order valence-corrected chi connectivity index (χ1v) is 9.85.